The molecule has 0 aromatic rings. The molecule has 0 radical (unpaired) electrons. The first-order valence-corrected chi connectivity index (χ1v) is 8.37. The van der Waals surface area contributed by atoms with E-state index in [1.165, 1.54) is 32.2 Å². The van der Waals surface area contributed by atoms with Crippen LogP contribution in [0.25, 0.3) is 0 Å². The highest BCUT2D eigenvalue weighted by atomic mass is 32.2. The fourth-order valence-electron chi connectivity index (χ4n) is 2.83. The highest BCUT2D eigenvalue weighted by molar-refractivity contribution is 8.00. The summed E-state index contributed by atoms with van der Waals surface area (Å²) in [6, 6.07) is 0.761. The van der Waals surface area contributed by atoms with Crippen molar-refractivity contribution in [2.24, 2.45) is 11.8 Å². The summed E-state index contributed by atoms with van der Waals surface area (Å²) in [5.74, 6) is 1.81. The minimum absolute atomic E-state index is 0.761. The van der Waals surface area contributed by atoms with Crippen molar-refractivity contribution in [2.45, 2.75) is 76.8 Å². The van der Waals surface area contributed by atoms with E-state index in [9.17, 15) is 0 Å². The van der Waals surface area contributed by atoms with Crippen molar-refractivity contribution in [1.29, 1.82) is 0 Å². The number of rotatable bonds is 6. The quantitative estimate of drug-likeness (QED) is 0.760. The summed E-state index contributed by atoms with van der Waals surface area (Å²) in [6.45, 7) is 12.9. The van der Waals surface area contributed by atoms with Gasteiger partial charge in [-0.25, -0.2) is 0 Å². The lowest BCUT2D eigenvalue weighted by molar-refractivity contribution is 0.246. The Morgan fingerprint density at radius 1 is 1.18 bits per heavy atom. The molecule has 1 saturated carbocycles. The predicted molar refractivity (Wildman–Crippen MR) is 80.8 cm³/mol. The largest absolute Gasteiger partial charge is 0.313 e. The summed E-state index contributed by atoms with van der Waals surface area (Å²) in [5.41, 5.74) is 0. The minimum Gasteiger partial charge on any atom is -0.313 e. The molecule has 0 aliphatic heterocycles. The molecule has 0 saturated heterocycles. The molecule has 102 valence electrons. The van der Waals surface area contributed by atoms with Crippen molar-refractivity contribution < 1.29 is 0 Å². The molecule has 3 unspecified atom stereocenters. The lowest BCUT2D eigenvalue weighted by Crippen LogP contribution is -2.44. The molecule has 0 amide bonds. The van der Waals surface area contributed by atoms with Gasteiger partial charge in [-0.2, -0.15) is 11.8 Å². The van der Waals surface area contributed by atoms with Crippen LogP contribution in [0.4, 0.5) is 0 Å². The molecule has 1 N–H and O–H groups in total. The average Bonchev–Trinajstić information content (AvgIpc) is 2.26. The summed E-state index contributed by atoms with van der Waals surface area (Å²) in [4.78, 5) is 0. The van der Waals surface area contributed by atoms with Crippen LogP contribution in [0.3, 0.4) is 0 Å². The van der Waals surface area contributed by atoms with Crippen molar-refractivity contribution in [1.82, 2.24) is 5.32 Å². The maximum Gasteiger partial charge on any atom is 0.0206 e. The number of hydrogen-bond acceptors (Lipinski definition) is 2. The summed E-state index contributed by atoms with van der Waals surface area (Å²) < 4.78 is 0. The Balaban J connectivity index is 2.52. The topological polar surface area (TPSA) is 12.0 Å². The van der Waals surface area contributed by atoms with Gasteiger partial charge in [0.2, 0.25) is 0 Å². The van der Waals surface area contributed by atoms with E-state index in [0.29, 0.717) is 0 Å². The number of thioether (sulfide) groups is 1. The second-order valence-electron chi connectivity index (χ2n) is 6.10. The molecule has 3 atom stereocenters. The van der Waals surface area contributed by atoms with Crippen LogP contribution in [-0.2, 0) is 0 Å². The zero-order valence-electron chi connectivity index (χ0n) is 12.3. The van der Waals surface area contributed by atoms with Gasteiger partial charge in [-0.3, -0.25) is 0 Å². The number of hydrogen-bond donors (Lipinski definition) is 1. The van der Waals surface area contributed by atoms with Gasteiger partial charge in [-0.05, 0) is 49.3 Å². The fourth-order valence-corrected chi connectivity index (χ4v) is 4.31. The van der Waals surface area contributed by atoms with Gasteiger partial charge in [0.25, 0.3) is 0 Å². The van der Waals surface area contributed by atoms with Crippen LogP contribution in [0.5, 0.6) is 0 Å². The van der Waals surface area contributed by atoms with Crippen LogP contribution in [0.2, 0.25) is 0 Å². The molecule has 0 aromatic heterocycles. The molecular weight excluding hydrogens is 226 g/mol. The SMILES string of the molecule is CCCNC1CCC(C(C)C)CC1SC(C)C. The second kappa shape index (κ2) is 7.68. The molecule has 1 aliphatic rings. The van der Waals surface area contributed by atoms with E-state index in [0.717, 1.165) is 28.4 Å². The van der Waals surface area contributed by atoms with Gasteiger partial charge in [0.05, 0.1) is 0 Å². The maximum atomic E-state index is 3.77. The standard InChI is InChI=1S/C15H31NS/c1-6-9-16-14-8-7-13(11(2)3)10-15(14)17-12(4)5/h11-16H,6-10H2,1-5H3. The van der Waals surface area contributed by atoms with E-state index < -0.39 is 0 Å². The fraction of sp³-hybridized carbons (Fsp3) is 1.00. The Bertz CT molecular complexity index is 203. The Labute approximate surface area is 113 Å². The van der Waals surface area contributed by atoms with Crippen molar-refractivity contribution in [3.63, 3.8) is 0 Å². The first kappa shape index (κ1) is 15.4. The molecule has 0 heterocycles. The third-order valence-electron chi connectivity index (χ3n) is 3.88. The monoisotopic (exact) mass is 257 g/mol. The summed E-state index contributed by atoms with van der Waals surface area (Å²) in [5, 5.41) is 5.36. The molecule has 2 heteroatoms. The van der Waals surface area contributed by atoms with Crippen LogP contribution >= 0.6 is 11.8 Å². The van der Waals surface area contributed by atoms with Crippen LogP contribution < -0.4 is 5.32 Å². The Kier molecular flexibility index (Phi) is 6.94. The molecule has 17 heavy (non-hydrogen) atoms. The molecular formula is C15H31NS. The molecule has 1 rings (SSSR count). The zero-order chi connectivity index (χ0) is 12.8. The molecule has 0 aromatic carbocycles. The molecule has 0 bridgehead atoms. The number of nitrogens with one attached hydrogen (secondary N) is 1. The highest BCUT2D eigenvalue weighted by Crippen LogP contribution is 2.37. The first-order valence-electron chi connectivity index (χ1n) is 7.43. The van der Waals surface area contributed by atoms with Gasteiger partial charge in [0, 0.05) is 11.3 Å². The van der Waals surface area contributed by atoms with Crippen LogP contribution in [0, 0.1) is 11.8 Å². The molecule has 1 nitrogen and oxygen atoms in total. The lowest BCUT2D eigenvalue weighted by Gasteiger charge is -2.38. The summed E-state index contributed by atoms with van der Waals surface area (Å²) in [7, 11) is 0. The van der Waals surface area contributed by atoms with Crippen molar-refractivity contribution in [3.8, 4) is 0 Å². The van der Waals surface area contributed by atoms with Crippen molar-refractivity contribution >= 4 is 11.8 Å². The summed E-state index contributed by atoms with van der Waals surface area (Å²) in [6.07, 6.45) is 5.48. The van der Waals surface area contributed by atoms with Crippen LogP contribution in [0.1, 0.15) is 60.3 Å². The first-order chi connectivity index (χ1) is 8.04. The van der Waals surface area contributed by atoms with Gasteiger partial charge in [-0.1, -0.05) is 34.6 Å². The van der Waals surface area contributed by atoms with Gasteiger partial charge < -0.3 is 5.32 Å². The van der Waals surface area contributed by atoms with Crippen molar-refractivity contribution in [2.75, 3.05) is 6.54 Å². The average molecular weight is 257 g/mol. The molecule has 0 spiro atoms. The van der Waals surface area contributed by atoms with E-state index >= 15 is 0 Å². The zero-order valence-corrected chi connectivity index (χ0v) is 13.1. The minimum atomic E-state index is 0.761. The third-order valence-corrected chi connectivity index (χ3v) is 5.29. The van der Waals surface area contributed by atoms with Crippen molar-refractivity contribution in [3.05, 3.63) is 0 Å². The Morgan fingerprint density at radius 2 is 1.88 bits per heavy atom. The lowest BCUT2D eigenvalue weighted by atomic mass is 9.79. The van der Waals surface area contributed by atoms with Gasteiger partial charge in [0.1, 0.15) is 0 Å². The predicted octanol–water partition coefficient (Wildman–Crippen LogP) is 4.32. The van der Waals surface area contributed by atoms with E-state index in [1.807, 2.05) is 0 Å². The maximum absolute atomic E-state index is 3.77. The Hall–Kier alpha value is 0.310. The van der Waals surface area contributed by atoms with Crippen LogP contribution in [0.15, 0.2) is 0 Å². The van der Waals surface area contributed by atoms with Crippen LogP contribution in [-0.4, -0.2) is 23.1 Å². The smallest absolute Gasteiger partial charge is 0.0206 e. The second-order valence-corrected chi connectivity index (χ2v) is 7.92. The highest BCUT2D eigenvalue weighted by Gasteiger charge is 2.32. The molecule has 1 fully saturated rings. The van der Waals surface area contributed by atoms with E-state index in [-0.39, 0.29) is 0 Å². The van der Waals surface area contributed by atoms with E-state index in [1.54, 1.807) is 0 Å². The molecule has 1 aliphatic carbocycles. The van der Waals surface area contributed by atoms with E-state index in [4.69, 9.17) is 0 Å². The summed E-state index contributed by atoms with van der Waals surface area (Å²) >= 11 is 2.19. The van der Waals surface area contributed by atoms with Gasteiger partial charge in [0.15, 0.2) is 0 Å². The third kappa shape index (κ3) is 5.21. The van der Waals surface area contributed by atoms with E-state index in [2.05, 4.69) is 51.7 Å². The van der Waals surface area contributed by atoms with Gasteiger partial charge in [-0.15, -0.1) is 0 Å². The van der Waals surface area contributed by atoms with Gasteiger partial charge >= 0.3 is 0 Å². The normalized spacial score (nSPS) is 30.2. The Morgan fingerprint density at radius 3 is 2.41 bits per heavy atom.